The van der Waals surface area contributed by atoms with Gasteiger partial charge in [-0.2, -0.15) is 0 Å². The van der Waals surface area contributed by atoms with E-state index in [0.717, 1.165) is 10.4 Å². The van der Waals surface area contributed by atoms with Crippen molar-refractivity contribution in [1.82, 2.24) is 0 Å². The summed E-state index contributed by atoms with van der Waals surface area (Å²) in [7, 11) is 0. The van der Waals surface area contributed by atoms with E-state index in [1.165, 1.54) is 17.0 Å². The maximum Gasteiger partial charge on any atom is 0.123 e. The van der Waals surface area contributed by atoms with Gasteiger partial charge in [-0.25, -0.2) is 4.39 Å². The van der Waals surface area contributed by atoms with Crippen LogP contribution in [-0.4, -0.2) is 0 Å². The summed E-state index contributed by atoms with van der Waals surface area (Å²) < 4.78 is 13.0. The van der Waals surface area contributed by atoms with E-state index in [0.29, 0.717) is 6.42 Å². The molecule has 16 heavy (non-hydrogen) atoms. The summed E-state index contributed by atoms with van der Waals surface area (Å²) in [6.45, 7) is 2.06. The van der Waals surface area contributed by atoms with Gasteiger partial charge in [-0.15, -0.1) is 22.9 Å². The molecule has 0 fully saturated rings. The lowest BCUT2D eigenvalue weighted by Crippen LogP contribution is -1.93. The minimum Gasteiger partial charge on any atom is -0.207 e. The molecule has 84 valence electrons. The zero-order chi connectivity index (χ0) is 11.5. The zero-order valence-electron chi connectivity index (χ0n) is 8.91. The third kappa shape index (κ3) is 2.83. The van der Waals surface area contributed by atoms with Crippen molar-refractivity contribution in [2.24, 2.45) is 0 Å². The summed E-state index contributed by atoms with van der Waals surface area (Å²) in [6, 6.07) is 10.7. The van der Waals surface area contributed by atoms with E-state index in [2.05, 4.69) is 13.0 Å². The van der Waals surface area contributed by atoms with Crippen LogP contribution in [0.1, 0.15) is 20.7 Å². The highest BCUT2D eigenvalue weighted by atomic mass is 35.5. The standard InChI is InChI=1S/C13H12ClFS/c1-9-5-6-13(16-9)12(14)8-10-3-2-4-11(15)7-10/h2-7,12H,8H2,1H3. The van der Waals surface area contributed by atoms with Gasteiger partial charge in [-0.1, -0.05) is 12.1 Å². The molecule has 1 heterocycles. The number of halogens is 2. The molecule has 0 saturated heterocycles. The van der Waals surface area contributed by atoms with Gasteiger partial charge < -0.3 is 0 Å². The molecule has 0 bridgehead atoms. The van der Waals surface area contributed by atoms with Crippen LogP contribution in [0.25, 0.3) is 0 Å². The molecule has 0 saturated carbocycles. The second kappa shape index (κ2) is 4.98. The second-order valence-corrected chi connectivity index (χ2v) is 5.60. The largest absolute Gasteiger partial charge is 0.207 e. The topological polar surface area (TPSA) is 0 Å². The van der Waals surface area contributed by atoms with E-state index in [9.17, 15) is 4.39 Å². The van der Waals surface area contributed by atoms with Crippen molar-refractivity contribution >= 4 is 22.9 Å². The Balaban J connectivity index is 2.10. The average molecular weight is 255 g/mol. The molecule has 0 amide bonds. The number of benzene rings is 1. The van der Waals surface area contributed by atoms with Crippen molar-refractivity contribution in [3.63, 3.8) is 0 Å². The van der Waals surface area contributed by atoms with Crippen LogP contribution in [0.3, 0.4) is 0 Å². The first-order valence-corrected chi connectivity index (χ1v) is 6.35. The van der Waals surface area contributed by atoms with Gasteiger partial charge in [0.15, 0.2) is 0 Å². The molecule has 1 aromatic carbocycles. The van der Waals surface area contributed by atoms with E-state index in [1.54, 1.807) is 17.4 Å². The predicted molar refractivity (Wildman–Crippen MR) is 67.8 cm³/mol. The van der Waals surface area contributed by atoms with Gasteiger partial charge in [0.05, 0.1) is 5.38 Å². The van der Waals surface area contributed by atoms with Gasteiger partial charge in [0.2, 0.25) is 0 Å². The molecule has 0 radical (unpaired) electrons. The molecule has 0 aliphatic carbocycles. The first-order valence-electron chi connectivity index (χ1n) is 5.10. The van der Waals surface area contributed by atoms with E-state index < -0.39 is 0 Å². The van der Waals surface area contributed by atoms with E-state index in [1.807, 2.05) is 12.1 Å². The van der Waals surface area contributed by atoms with Crippen molar-refractivity contribution in [2.45, 2.75) is 18.7 Å². The highest BCUT2D eigenvalue weighted by molar-refractivity contribution is 7.12. The Kier molecular flexibility index (Phi) is 3.62. The Bertz CT molecular complexity index is 478. The lowest BCUT2D eigenvalue weighted by atomic mass is 10.1. The fourth-order valence-corrected chi connectivity index (χ4v) is 2.83. The van der Waals surface area contributed by atoms with Gasteiger partial charge in [-0.05, 0) is 43.2 Å². The number of thiophene rings is 1. The smallest absolute Gasteiger partial charge is 0.123 e. The van der Waals surface area contributed by atoms with Crippen LogP contribution in [0.4, 0.5) is 4.39 Å². The highest BCUT2D eigenvalue weighted by Crippen LogP contribution is 2.30. The Morgan fingerprint density at radius 1 is 1.31 bits per heavy atom. The van der Waals surface area contributed by atoms with Gasteiger partial charge in [-0.3, -0.25) is 0 Å². The van der Waals surface area contributed by atoms with E-state index in [4.69, 9.17) is 11.6 Å². The number of hydrogen-bond acceptors (Lipinski definition) is 1. The molecule has 0 N–H and O–H groups in total. The summed E-state index contributed by atoms with van der Waals surface area (Å²) in [5, 5.41) is -0.0690. The maximum atomic E-state index is 13.0. The summed E-state index contributed by atoms with van der Waals surface area (Å²) in [5.41, 5.74) is 0.936. The predicted octanol–water partition coefficient (Wildman–Crippen LogP) is 4.72. The summed E-state index contributed by atoms with van der Waals surface area (Å²) >= 11 is 7.99. The van der Waals surface area contributed by atoms with Gasteiger partial charge >= 0.3 is 0 Å². The molecule has 1 atom stereocenters. The van der Waals surface area contributed by atoms with Crippen molar-refractivity contribution < 1.29 is 4.39 Å². The number of alkyl halides is 1. The van der Waals surface area contributed by atoms with Crippen LogP contribution in [0.5, 0.6) is 0 Å². The molecule has 0 aliphatic heterocycles. The molecule has 2 rings (SSSR count). The number of hydrogen-bond donors (Lipinski definition) is 0. The van der Waals surface area contributed by atoms with Gasteiger partial charge in [0.1, 0.15) is 5.82 Å². The van der Waals surface area contributed by atoms with Gasteiger partial charge in [0, 0.05) is 9.75 Å². The van der Waals surface area contributed by atoms with Crippen LogP contribution < -0.4 is 0 Å². The molecule has 0 nitrogen and oxygen atoms in total. The molecular formula is C13H12ClFS. The van der Waals surface area contributed by atoms with Crippen LogP contribution in [-0.2, 0) is 6.42 Å². The molecule has 0 aliphatic rings. The van der Waals surface area contributed by atoms with Crippen molar-refractivity contribution in [3.05, 3.63) is 57.5 Å². The molecule has 2 aromatic rings. The highest BCUT2D eigenvalue weighted by Gasteiger charge is 2.11. The zero-order valence-corrected chi connectivity index (χ0v) is 10.5. The van der Waals surface area contributed by atoms with E-state index in [-0.39, 0.29) is 11.2 Å². The van der Waals surface area contributed by atoms with Crippen molar-refractivity contribution in [3.8, 4) is 0 Å². The summed E-state index contributed by atoms with van der Waals surface area (Å²) in [4.78, 5) is 2.39. The molecule has 1 aromatic heterocycles. The van der Waals surface area contributed by atoms with Gasteiger partial charge in [0.25, 0.3) is 0 Å². The summed E-state index contributed by atoms with van der Waals surface area (Å²) in [5.74, 6) is -0.205. The SMILES string of the molecule is Cc1ccc(C(Cl)Cc2cccc(F)c2)s1. The maximum absolute atomic E-state index is 13.0. The first-order chi connectivity index (χ1) is 7.65. The van der Waals surface area contributed by atoms with Crippen molar-refractivity contribution in [1.29, 1.82) is 0 Å². The fourth-order valence-electron chi connectivity index (χ4n) is 1.59. The lowest BCUT2D eigenvalue weighted by Gasteiger charge is -2.07. The minimum absolute atomic E-state index is 0.0690. The molecule has 3 heteroatoms. The quantitative estimate of drug-likeness (QED) is 0.696. The summed E-state index contributed by atoms with van der Waals surface area (Å²) in [6.07, 6.45) is 0.666. The second-order valence-electron chi connectivity index (χ2n) is 3.75. The number of aryl methyl sites for hydroxylation is 1. The van der Waals surface area contributed by atoms with Crippen LogP contribution in [0, 0.1) is 12.7 Å². The fraction of sp³-hybridized carbons (Fsp3) is 0.231. The normalized spacial score (nSPS) is 12.7. The van der Waals surface area contributed by atoms with Crippen LogP contribution in [0.2, 0.25) is 0 Å². The van der Waals surface area contributed by atoms with Crippen LogP contribution >= 0.6 is 22.9 Å². The Morgan fingerprint density at radius 2 is 2.12 bits per heavy atom. The van der Waals surface area contributed by atoms with Crippen LogP contribution in [0.15, 0.2) is 36.4 Å². The monoisotopic (exact) mass is 254 g/mol. The lowest BCUT2D eigenvalue weighted by molar-refractivity contribution is 0.625. The Hall–Kier alpha value is -0.860. The molecule has 1 unspecified atom stereocenters. The third-order valence-corrected chi connectivity index (χ3v) is 4.01. The number of rotatable bonds is 3. The van der Waals surface area contributed by atoms with E-state index >= 15 is 0 Å². The third-order valence-electron chi connectivity index (χ3n) is 2.37. The average Bonchev–Trinajstić information content (AvgIpc) is 2.65. The van der Waals surface area contributed by atoms with Crippen molar-refractivity contribution in [2.75, 3.05) is 0 Å². The molecular weight excluding hydrogens is 243 g/mol. The Labute approximate surface area is 104 Å². The molecule has 0 spiro atoms. The Morgan fingerprint density at radius 3 is 2.75 bits per heavy atom. The first kappa shape index (κ1) is 11.6. The minimum atomic E-state index is -0.205.